The molecule has 0 spiro atoms. The average Bonchev–Trinajstić information content (AvgIpc) is 2.47. The van der Waals surface area contributed by atoms with Gasteiger partial charge in [-0.05, 0) is 13.8 Å². The summed E-state index contributed by atoms with van der Waals surface area (Å²) < 4.78 is 0. The summed E-state index contributed by atoms with van der Waals surface area (Å²) >= 11 is 0. The highest BCUT2D eigenvalue weighted by Crippen LogP contribution is 1.90. The van der Waals surface area contributed by atoms with Gasteiger partial charge in [-0.3, -0.25) is 9.89 Å². The number of carbonyl (C=O) groups is 1. The van der Waals surface area contributed by atoms with Crippen LogP contribution in [0.25, 0.3) is 0 Å². The van der Waals surface area contributed by atoms with Gasteiger partial charge in [0.15, 0.2) is 0 Å². The Kier molecular flexibility index (Phi) is 2.97. The van der Waals surface area contributed by atoms with Gasteiger partial charge in [-0.15, -0.1) is 5.10 Å². The molecule has 0 unspecified atom stereocenters. The highest BCUT2D eigenvalue weighted by molar-refractivity contribution is 5.90. The zero-order valence-corrected chi connectivity index (χ0v) is 7.53. The highest BCUT2D eigenvalue weighted by atomic mass is 16.3. The summed E-state index contributed by atoms with van der Waals surface area (Å²) in [5.41, 5.74) is 0. The molecule has 0 aliphatic carbocycles. The van der Waals surface area contributed by atoms with Gasteiger partial charge < -0.3 is 10.4 Å². The SMILES string of the molecule is Cc1nc(C(=O)NC[C@H](C)O)n[nH]1. The van der Waals surface area contributed by atoms with E-state index in [1.807, 2.05) is 0 Å². The number of aromatic amines is 1. The molecule has 72 valence electrons. The first-order valence-electron chi connectivity index (χ1n) is 3.95. The first-order chi connectivity index (χ1) is 6.09. The fraction of sp³-hybridized carbons (Fsp3) is 0.571. The Balaban J connectivity index is 2.49. The van der Waals surface area contributed by atoms with Crippen LogP contribution in [0.1, 0.15) is 23.4 Å². The van der Waals surface area contributed by atoms with Crippen molar-refractivity contribution in [3.63, 3.8) is 0 Å². The molecule has 6 nitrogen and oxygen atoms in total. The third kappa shape index (κ3) is 2.83. The molecule has 0 aliphatic heterocycles. The summed E-state index contributed by atoms with van der Waals surface area (Å²) in [4.78, 5) is 15.0. The van der Waals surface area contributed by atoms with Gasteiger partial charge in [0.2, 0.25) is 5.82 Å². The minimum absolute atomic E-state index is 0.0955. The normalized spacial score (nSPS) is 12.5. The van der Waals surface area contributed by atoms with Gasteiger partial charge >= 0.3 is 0 Å². The molecule has 1 atom stereocenters. The summed E-state index contributed by atoms with van der Waals surface area (Å²) in [6.07, 6.45) is -0.566. The van der Waals surface area contributed by atoms with E-state index in [1.54, 1.807) is 13.8 Å². The molecule has 0 bridgehead atoms. The number of hydrogen-bond acceptors (Lipinski definition) is 4. The van der Waals surface area contributed by atoms with Crippen LogP contribution < -0.4 is 5.32 Å². The summed E-state index contributed by atoms with van der Waals surface area (Å²) in [6, 6.07) is 0. The molecule has 0 saturated heterocycles. The number of aliphatic hydroxyl groups is 1. The van der Waals surface area contributed by atoms with E-state index in [4.69, 9.17) is 5.11 Å². The van der Waals surface area contributed by atoms with E-state index in [0.29, 0.717) is 5.82 Å². The van der Waals surface area contributed by atoms with Gasteiger partial charge in [-0.2, -0.15) is 0 Å². The van der Waals surface area contributed by atoms with Gasteiger partial charge in [0.25, 0.3) is 5.91 Å². The Morgan fingerprint density at radius 2 is 2.46 bits per heavy atom. The summed E-state index contributed by atoms with van der Waals surface area (Å²) in [6.45, 7) is 3.49. The number of amides is 1. The molecule has 0 aromatic carbocycles. The van der Waals surface area contributed by atoms with Crippen LogP contribution in [0.15, 0.2) is 0 Å². The number of nitrogens with zero attached hydrogens (tertiary/aromatic N) is 2. The average molecular weight is 184 g/mol. The van der Waals surface area contributed by atoms with Gasteiger partial charge in [0.1, 0.15) is 5.82 Å². The van der Waals surface area contributed by atoms with Crippen molar-refractivity contribution in [3.8, 4) is 0 Å². The monoisotopic (exact) mass is 184 g/mol. The third-order valence-electron chi connectivity index (χ3n) is 1.36. The number of aliphatic hydroxyl groups excluding tert-OH is 1. The second kappa shape index (κ2) is 3.99. The lowest BCUT2D eigenvalue weighted by molar-refractivity contribution is 0.0914. The van der Waals surface area contributed by atoms with E-state index < -0.39 is 6.10 Å². The van der Waals surface area contributed by atoms with Crippen molar-refractivity contribution in [2.75, 3.05) is 6.54 Å². The van der Waals surface area contributed by atoms with Crippen molar-refractivity contribution >= 4 is 5.91 Å². The van der Waals surface area contributed by atoms with E-state index in [1.165, 1.54) is 0 Å². The van der Waals surface area contributed by atoms with Crippen molar-refractivity contribution in [1.29, 1.82) is 0 Å². The molecule has 0 fully saturated rings. The molecule has 1 heterocycles. The minimum Gasteiger partial charge on any atom is -0.392 e. The molecule has 0 saturated carbocycles. The largest absolute Gasteiger partial charge is 0.392 e. The maximum Gasteiger partial charge on any atom is 0.291 e. The number of rotatable bonds is 3. The molecule has 1 rings (SSSR count). The predicted octanol–water partition coefficient (Wildman–Crippen LogP) is -0.776. The second-order valence-corrected chi connectivity index (χ2v) is 2.80. The Morgan fingerprint density at radius 1 is 1.77 bits per heavy atom. The van der Waals surface area contributed by atoms with Gasteiger partial charge in [-0.25, -0.2) is 4.98 Å². The third-order valence-corrected chi connectivity index (χ3v) is 1.36. The molecule has 0 radical (unpaired) electrons. The van der Waals surface area contributed by atoms with E-state index in [0.717, 1.165) is 0 Å². The number of aromatic nitrogens is 3. The predicted molar refractivity (Wildman–Crippen MR) is 45.1 cm³/mol. The minimum atomic E-state index is -0.566. The quantitative estimate of drug-likeness (QED) is 0.575. The number of nitrogens with one attached hydrogen (secondary N) is 2. The second-order valence-electron chi connectivity index (χ2n) is 2.80. The Morgan fingerprint density at radius 3 is 2.92 bits per heavy atom. The van der Waals surface area contributed by atoms with E-state index in [9.17, 15) is 4.79 Å². The fourth-order valence-corrected chi connectivity index (χ4v) is 0.764. The molecule has 0 aliphatic rings. The van der Waals surface area contributed by atoms with E-state index >= 15 is 0 Å². The number of aryl methyl sites for hydroxylation is 1. The zero-order chi connectivity index (χ0) is 9.84. The van der Waals surface area contributed by atoms with Gasteiger partial charge in [0.05, 0.1) is 6.10 Å². The van der Waals surface area contributed by atoms with Crippen molar-refractivity contribution in [2.24, 2.45) is 0 Å². The van der Waals surface area contributed by atoms with Crippen molar-refractivity contribution in [1.82, 2.24) is 20.5 Å². The van der Waals surface area contributed by atoms with Crippen LogP contribution in [0.4, 0.5) is 0 Å². The summed E-state index contributed by atoms with van der Waals surface area (Å²) in [7, 11) is 0. The van der Waals surface area contributed by atoms with Crippen LogP contribution in [-0.2, 0) is 0 Å². The van der Waals surface area contributed by atoms with E-state index in [2.05, 4.69) is 20.5 Å². The van der Waals surface area contributed by atoms with Crippen molar-refractivity contribution in [2.45, 2.75) is 20.0 Å². The van der Waals surface area contributed by atoms with Crippen LogP contribution in [-0.4, -0.2) is 38.8 Å². The Bertz CT molecular complexity index is 294. The number of carbonyl (C=O) groups excluding carboxylic acids is 1. The van der Waals surface area contributed by atoms with Crippen molar-refractivity contribution < 1.29 is 9.90 Å². The molecule has 6 heteroatoms. The van der Waals surface area contributed by atoms with Crippen LogP contribution in [0.3, 0.4) is 0 Å². The van der Waals surface area contributed by atoms with Gasteiger partial charge in [-0.1, -0.05) is 0 Å². The molecule has 1 amide bonds. The summed E-state index contributed by atoms with van der Waals surface area (Å²) in [5, 5.41) is 17.6. The van der Waals surface area contributed by atoms with Crippen molar-refractivity contribution in [3.05, 3.63) is 11.6 Å². The first kappa shape index (κ1) is 9.66. The Hall–Kier alpha value is -1.43. The highest BCUT2D eigenvalue weighted by Gasteiger charge is 2.10. The van der Waals surface area contributed by atoms with Crippen LogP contribution in [0.5, 0.6) is 0 Å². The molecular formula is C7H12N4O2. The van der Waals surface area contributed by atoms with Gasteiger partial charge in [0, 0.05) is 6.54 Å². The zero-order valence-electron chi connectivity index (χ0n) is 7.53. The molecule has 13 heavy (non-hydrogen) atoms. The van der Waals surface area contributed by atoms with E-state index in [-0.39, 0.29) is 18.3 Å². The lowest BCUT2D eigenvalue weighted by Gasteiger charge is -2.03. The molecule has 1 aromatic rings. The standard InChI is InChI=1S/C7H12N4O2/c1-4(12)3-8-7(13)6-9-5(2)10-11-6/h4,12H,3H2,1-2H3,(H,8,13)(H,9,10,11)/t4-/m0/s1. The summed E-state index contributed by atoms with van der Waals surface area (Å²) in [5.74, 6) is 0.297. The first-order valence-corrected chi connectivity index (χ1v) is 3.95. The fourth-order valence-electron chi connectivity index (χ4n) is 0.764. The molecule has 1 aromatic heterocycles. The van der Waals surface area contributed by atoms with Crippen LogP contribution in [0, 0.1) is 6.92 Å². The lowest BCUT2D eigenvalue weighted by Crippen LogP contribution is -2.31. The number of H-pyrrole nitrogens is 1. The topological polar surface area (TPSA) is 90.9 Å². The molecular weight excluding hydrogens is 172 g/mol. The lowest BCUT2D eigenvalue weighted by atomic mass is 10.4. The molecule has 3 N–H and O–H groups in total. The maximum atomic E-state index is 11.2. The van der Waals surface area contributed by atoms with Crippen LogP contribution in [0.2, 0.25) is 0 Å². The number of hydrogen-bond donors (Lipinski definition) is 3. The van der Waals surface area contributed by atoms with Crippen LogP contribution >= 0.6 is 0 Å². The Labute approximate surface area is 75.4 Å². The maximum absolute atomic E-state index is 11.2. The smallest absolute Gasteiger partial charge is 0.291 e.